The van der Waals surface area contributed by atoms with Crippen LogP contribution < -0.4 is 5.32 Å². The minimum absolute atomic E-state index is 0.0326. The van der Waals surface area contributed by atoms with Crippen molar-refractivity contribution in [3.8, 4) is 0 Å². The molecule has 0 unspecified atom stereocenters. The predicted octanol–water partition coefficient (Wildman–Crippen LogP) is 1.70. The molecule has 0 radical (unpaired) electrons. The van der Waals surface area contributed by atoms with Gasteiger partial charge in [-0.3, -0.25) is 4.79 Å². The van der Waals surface area contributed by atoms with Gasteiger partial charge in [0.25, 0.3) is 0 Å². The number of hydrogen-bond donors (Lipinski definition) is 1. The van der Waals surface area contributed by atoms with Crippen LogP contribution in [-0.4, -0.2) is 30.9 Å². The standard InChI is InChI=1S/C14H17FN2O/c1-10(12-7-16-8-12)14(18)17(2)9-11-5-3-4-6-13(11)15/h3-6,16H,7-9H2,1-2H3. The Bertz CT molecular complexity index is 490. The second kappa shape index (κ2) is 5.31. The summed E-state index contributed by atoms with van der Waals surface area (Å²) < 4.78 is 13.5. The first-order valence-corrected chi connectivity index (χ1v) is 5.98. The van der Waals surface area contributed by atoms with Crippen LogP contribution in [0.5, 0.6) is 0 Å². The highest BCUT2D eigenvalue weighted by Gasteiger charge is 2.19. The number of carbonyl (C=O) groups is 1. The summed E-state index contributed by atoms with van der Waals surface area (Å²) in [5.41, 5.74) is 2.45. The maximum atomic E-state index is 13.5. The fourth-order valence-electron chi connectivity index (χ4n) is 1.91. The van der Waals surface area contributed by atoms with Crippen LogP contribution >= 0.6 is 0 Å². The third-order valence-electron chi connectivity index (χ3n) is 3.24. The highest BCUT2D eigenvalue weighted by Crippen LogP contribution is 2.14. The second-order valence-electron chi connectivity index (χ2n) is 4.58. The molecule has 0 aromatic heterocycles. The molecule has 1 amide bonds. The number of carbonyl (C=O) groups excluding carboxylic acids is 1. The van der Waals surface area contributed by atoms with Gasteiger partial charge in [-0.25, -0.2) is 4.39 Å². The highest BCUT2D eigenvalue weighted by atomic mass is 19.1. The van der Waals surface area contributed by atoms with Gasteiger partial charge in [0.05, 0.1) is 0 Å². The van der Waals surface area contributed by atoms with Crippen molar-refractivity contribution in [1.82, 2.24) is 10.2 Å². The van der Waals surface area contributed by atoms with Crippen molar-refractivity contribution >= 4 is 5.91 Å². The summed E-state index contributed by atoms with van der Waals surface area (Å²) in [4.78, 5) is 13.7. The van der Waals surface area contributed by atoms with Crippen LogP contribution in [0.3, 0.4) is 0 Å². The molecule has 1 heterocycles. The van der Waals surface area contributed by atoms with Crippen molar-refractivity contribution in [2.75, 3.05) is 20.1 Å². The summed E-state index contributed by atoms with van der Waals surface area (Å²) in [6, 6.07) is 6.53. The normalized spacial score (nSPS) is 14.1. The molecule has 1 fully saturated rings. The Morgan fingerprint density at radius 1 is 1.39 bits per heavy atom. The summed E-state index contributed by atoms with van der Waals surface area (Å²) in [5, 5.41) is 3.11. The van der Waals surface area contributed by atoms with Crippen molar-refractivity contribution < 1.29 is 9.18 Å². The molecule has 18 heavy (non-hydrogen) atoms. The number of rotatable bonds is 3. The third-order valence-corrected chi connectivity index (χ3v) is 3.24. The van der Waals surface area contributed by atoms with Gasteiger partial charge in [0.1, 0.15) is 5.82 Å². The molecular weight excluding hydrogens is 231 g/mol. The number of nitrogens with zero attached hydrogens (tertiary/aromatic N) is 1. The summed E-state index contributed by atoms with van der Waals surface area (Å²) in [6.07, 6.45) is 0. The van der Waals surface area contributed by atoms with Crippen LogP contribution in [0.25, 0.3) is 0 Å². The van der Waals surface area contributed by atoms with Crippen LogP contribution in [0.15, 0.2) is 35.4 Å². The summed E-state index contributed by atoms with van der Waals surface area (Å²) in [6.45, 7) is 3.69. The van der Waals surface area contributed by atoms with E-state index in [-0.39, 0.29) is 11.7 Å². The number of halogens is 1. The van der Waals surface area contributed by atoms with E-state index in [0.29, 0.717) is 12.1 Å². The first-order valence-electron chi connectivity index (χ1n) is 5.98. The Labute approximate surface area is 106 Å². The molecule has 1 aliphatic rings. The Balaban J connectivity index is 2.06. The molecule has 2 rings (SSSR count). The van der Waals surface area contributed by atoms with E-state index in [1.807, 2.05) is 6.92 Å². The van der Waals surface area contributed by atoms with E-state index in [4.69, 9.17) is 0 Å². The SMILES string of the molecule is CC(C(=O)N(C)Cc1ccccc1F)=C1CNC1. The quantitative estimate of drug-likeness (QED) is 0.826. The fraction of sp³-hybridized carbons (Fsp3) is 0.357. The Kier molecular flexibility index (Phi) is 3.77. The third kappa shape index (κ3) is 2.59. The second-order valence-corrected chi connectivity index (χ2v) is 4.58. The van der Waals surface area contributed by atoms with Crippen molar-refractivity contribution in [3.63, 3.8) is 0 Å². The smallest absolute Gasteiger partial charge is 0.249 e. The molecular formula is C14H17FN2O. The zero-order chi connectivity index (χ0) is 13.1. The van der Waals surface area contributed by atoms with Crippen molar-refractivity contribution in [3.05, 3.63) is 46.8 Å². The molecule has 1 aliphatic heterocycles. The van der Waals surface area contributed by atoms with E-state index in [9.17, 15) is 9.18 Å². The van der Waals surface area contributed by atoms with Crippen LogP contribution in [-0.2, 0) is 11.3 Å². The van der Waals surface area contributed by atoms with Crippen LogP contribution in [0.1, 0.15) is 12.5 Å². The average Bonchev–Trinajstić information content (AvgIpc) is 2.28. The maximum absolute atomic E-state index is 13.5. The van der Waals surface area contributed by atoms with Gasteiger partial charge in [-0.05, 0) is 18.6 Å². The molecule has 3 nitrogen and oxygen atoms in total. The molecule has 0 aliphatic carbocycles. The maximum Gasteiger partial charge on any atom is 0.249 e. The highest BCUT2D eigenvalue weighted by molar-refractivity contribution is 5.93. The van der Waals surface area contributed by atoms with E-state index in [1.165, 1.54) is 6.07 Å². The summed E-state index contributed by atoms with van der Waals surface area (Å²) in [5.74, 6) is -0.303. The first-order chi connectivity index (χ1) is 8.59. The Hall–Kier alpha value is -1.68. The molecule has 0 saturated carbocycles. The minimum Gasteiger partial charge on any atom is -0.338 e. The van der Waals surface area contributed by atoms with Gasteiger partial charge in [0, 0.05) is 37.8 Å². The van der Waals surface area contributed by atoms with Crippen molar-refractivity contribution in [2.24, 2.45) is 0 Å². The lowest BCUT2D eigenvalue weighted by atomic mass is 10.0. The Morgan fingerprint density at radius 2 is 2.06 bits per heavy atom. The number of hydrogen-bond acceptors (Lipinski definition) is 2. The predicted molar refractivity (Wildman–Crippen MR) is 68.4 cm³/mol. The summed E-state index contributed by atoms with van der Waals surface area (Å²) in [7, 11) is 1.70. The fourth-order valence-corrected chi connectivity index (χ4v) is 1.91. The van der Waals surface area contributed by atoms with Gasteiger partial charge in [-0.1, -0.05) is 18.2 Å². The zero-order valence-electron chi connectivity index (χ0n) is 10.7. The number of likely N-dealkylation sites (N-methyl/N-ethyl adjacent to an activating group) is 1. The van der Waals surface area contributed by atoms with Gasteiger partial charge in [-0.15, -0.1) is 0 Å². The monoisotopic (exact) mass is 248 g/mol. The molecule has 0 atom stereocenters. The molecule has 96 valence electrons. The van der Waals surface area contributed by atoms with E-state index in [2.05, 4.69) is 5.32 Å². The molecule has 1 aromatic rings. The van der Waals surface area contributed by atoms with Gasteiger partial charge in [0.15, 0.2) is 0 Å². The first kappa shape index (κ1) is 12.8. The van der Waals surface area contributed by atoms with Crippen LogP contribution in [0, 0.1) is 5.82 Å². The number of amides is 1. The molecule has 1 saturated heterocycles. The van der Waals surface area contributed by atoms with Crippen LogP contribution in [0.2, 0.25) is 0 Å². The zero-order valence-corrected chi connectivity index (χ0v) is 10.7. The average molecular weight is 248 g/mol. The Morgan fingerprint density at radius 3 is 2.61 bits per heavy atom. The van der Waals surface area contributed by atoms with Gasteiger partial charge < -0.3 is 10.2 Å². The molecule has 4 heteroatoms. The lowest BCUT2D eigenvalue weighted by Crippen LogP contribution is -2.38. The van der Waals surface area contributed by atoms with E-state index in [1.54, 1.807) is 30.1 Å². The molecule has 0 spiro atoms. The topological polar surface area (TPSA) is 32.3 Å². The van der Waals surface area contributed by atoms with Gasteiger partial charge in [0.2, 0.25) is 5.91 Å². The lowest BCUT2D eigenvalue weighted by Gasteiger charge is -2.24. The molecule has 1 aromatic carbocycles. The van der Waals surface area contributed by atoms with Gasteiger partial charge >= 0.3 is 0 Å². The minimum atomic E-state index is -0.271. The van der Waals surface area contributed by atoms with E-state index < -0.39 is 0 Å². The van der Waals surface area contributed by atoms with Crippen molar-refractivity contribution in [1.29, 1.82) is 0 Å². The summed E-state index contributed by atoms with van der Waals surface area (Å²) >= 11 is 0. The molecule has 1 N–H and O–H groups in total. The lowest BCUT2D eigenvalue weighted by molar-refractivity contribution is -0.126. The largest absolute Gasteiger partial charge is 0.338 e. The van der Waals surface area contributed by atoms with E-state index >= 15 is 0 Å². The van der Waals surface area contributed by atoms with Crippen LogP contribution in [0.4, 0.5) is 4.39 Å². The number of nitrogens with one attached hydrogen (secondary N) is 1. The number of benzene rings is 1. The molecule has 0 bridgehead atoms. The van der Waals surface area contributed by atoms with Gasteiger partial charge in [-0.2, -0.15) is 0 Å². The van der Waals surface area contributed by atoms with E-state index in [0.717, 1.165) is 24.2 Å². The van der Waals surface area contributed by atoms with Crippen molar-refractivity contribution in [2.45, 2.75) is 13.5 Å².